The Labute approximate surface area is 103 Å². The van der Waals surface area contributed by atoms with Crippen molar-refractivity contribution >= 4 is 0 Å². The number of aryl methyl sites for hydroxylation is 1. The summed E-state index contributed by atoms with van der Waals surface area (Å²) in [5.41, 5.74) is 1.31. The Kier molecular flexibility index (Phi) is 3.94. The molecule has 0 fully saturated rings. The SMILES string of the molecule is CCn1ccnc1CC(NC)c1ccccc1. The summed E-state index contributed by atoms with van der Waals surface area (Å²) in [5.74, 6) is 1.13. The first-order valence-electron chi connectivity index (χ1n) is 6.07. The van der Waals surface area contributed by atoms with Gasteiger partial charge in [0.2, 0.25) is 0 Å². The third-order valence-corrected chi connectivity index (χ3v) is 3.08. The van der Waals surface area contributed by atoms with E-state index >= 15 is 0 Å². The van der Waals surface area contributed by atoms with Crippen LogP contribution in [0.4, 0.5) is 0 Å². The van der Waals surface area contributed by atoms with Gasteiger partial charge in [-0.3, -0.25) is 0 Å². The lowest BCUT2D eigenvalue weighted by Gasteiger charge is -2.16. The van der Waals surface area contributed by atoms with Gasteiger partial charge in [0.05, 0.1) is 0 Å². The summed E-state index contributed by atoms with van der Waals surface area (Å²) in [6, 6.07) is 10.8. The first kappa shape index (κ1) is 11.9. The number of benzene rings is 1. The van der Waals surface area contributed by atoms with E-state index in [9.17, 15) is 0 Å². The molecule has 1 N–H and O–H groups in total. The lowest BCUT2D eigenvalue weighted by Crippen LogP contribution is -2.20. The van der Waals surface area contributed by atoms with E-state index in [1.165, 1.54) is 5.56 Å². The average Bonchev–Trinajstić information content (AvgIpc) is 2.84. The number of imidazole rings is 1. The van der Waals surface area contributed by atoms with E-state index in [-0.39, 0.29) is 0 Å². The van der Waals surface area contributed by atoms with Gasteiger partial charge in [-0.15, -0.1) is 0 Å². The maximum absolute atomic E-state index is 4.42. The number of hydrogen-bond donors (Lipinski definition) is 1. The predicted molar refractivity (Wildman–Crippen MR) is 69.8 cm³/mol. The molecule has 17 heavy (non-hydrogen) atoms. The van der Waals surface area contributed by atoms with Crippen LogP contribution in [0.2, 0.25) is 0 Å². The van der Waals surface area contributed by atoms with E-state index in [0.717, 1.165) is 18.8 Å². The summed E-state index contributed by atoms with van der Waals surface area (Å²) in [4.78, 5) is 4.42. The van der Waals surface area contributed by atoms with Gasteiger partial charge in [-0.25, -0.2) is 4.98 Å². The molecule has 0 bridgehead atoms. The van der Waals surface area contributed by atoms with Crippen molar-refractivity contribution in [2.75, 3.05) is 7.05 Å². The van der Waals surface area contributed by atoms with Crippen LogP contribution < -0.4 is 5.32 Å². The first-order chi connectivity index (χ1) is 8.35. The van der Waals surface area contributed by atoms with E-state index in [1.54, 1.807) is 0 Å². The summed E-state index contributed by atoms with van der Waals surface area (Å²) >= 11 is 0. The second-order valence-electron chi connectivity index (χ2n) is 4.09. The standard InChI is InChI=1S/C14H19N3/c1-3-17-10-9-16-14(17)11-13(15-2)12-7-5-4-6-8-12/h4-10,13,15H,3,11H2,1-2H3. The monoisotopic (exact) mass is 229 g/mol. The summed E-state index contributed by atoms with van der Waals surface area (Å²) < 4.78 is 2.19. The fourth-order valence-corrected chi connectivity index (χ4v) is 2.07. The number of aromatic nitrogens is 2. The van der Waals surface area contributed by atoms with Gasteiger partial charge >= 0.3 is 0 Å². The largest absolute Gasteiger partial charge is 0.335 e. The van der Waals surface area contributed by atoms with Crippen LogP contribution in [-0.4, -0.2) is 16.6 Å². The molecule has 0 aliphatic heterocycles. The zero-order valence-electron chi connectivity index (χ0n) is 10.4. The fraction of sp³-hybridized carbons (Fsp3) is 0.357. The van der Waals surface area contributed by atoms with Gasteiger partial charge in [-0.2, -0.15) is 0 Å². The Hall–Kier alpha value is -1.61. The molecule has 0 aliphatic carbocycles. The minimum atomic E-state index is 0.323. The molecule has 1 atom stereocenters. The van der Waals surface area contributed by atoms with Crippen LogP contribution >= 0.6 is 0 Å². The van der Waals surface area contributed by atoms with Crippen LogP contribution in [0, 0.1) is 0 Å². The highest BCUT2D eigenvalue weighted by molar-refractivity contribution is 5.20. The zero-order valence-corrected chi connectivity index (χ0v) is 10.4. The molecule has 0 saturated heterocycles. The second-order valence-corrected chi connectivity index (χ2v) is 4.09. The minimum Gasteiger partial charge on any atom is -0.335 e. The number of nitrogens with zero attached hydrogens (tertiary/aromatic N) is 2. The molecule has 2 aromatic rings. The summed E-state index contributed by atoms with van der Waals surface area (Å²) in [7, 11) is 2.00. The highest BCUT2D eigenvalue weighted by atomic mass is 15.1. The quantitative estimate of drug-likeness (QED) is 0.853. The summed E-state index contributed by atoms with van der Waals surface area (Å²) in [5, 5.41) is 3.35. The van der Waals surface area contributed by atoms with E-state index in [0.29, 0.717) is 6.04 Å². The first-order valence-corrected chi connectivity index (χ1v) is 6.07. The molecular weight excluding hydrogens is 210 g/mol. The molecule has 2 rings (SSSR count). The maximum atomic E-state index is 4.42. The lowest BCUT2D eigenvalue weighted by molar-refractivity contribution is 0.553. The Bertz CT molecular complexity index is 448. The summed E-state index contributed by atoms with van der Waals surface area (Å²) in [6.45, 7) is 3.11. The third-order valence-electron chi connectivity index (χ3n) is 3.08. The van der Waals surface area contributed by atoms with Crippen molar-refractivity contribution in [1.29, 1.82) is 0 Å². The fourth-order valence-electron chi connectivity index (χ4n) is 2.07. The highest BCUT2D eigenvalue weighted by Gasteiger charge is 2.12. The van der Waals surface area contributed by atoms with Crippen molar-refractivity contribution in [3.05, 3.63) is 54.1 Å². The van der Waals surface area contributed by atoms with Crippen molar-refractivity contribution in [3.8, 4) is 0 Å². The van der Waals surface area contributed by atoms with E-state index < -0.39 is 0 Å². The zero-order chi connectivity index (χ0) is 12.1. The molecule has 3 heteroatoms. The Morgan fingerprint density at radius 1 is 1.29 bits per heavy atom. The number of rotatable bonds is 5. The van der Waals surface area contributed by atoms with Gasteiger partial charge in [0.15, 0.2) is 0 Å². The van der Waals surface area contributed by atoms with Crippen LogP contribution in [-0.2, 0) is 13.0 Å². The Morgan fingerprint density at radius 3 is 2.71 bits per heavy atom. The second kappa shape index (κ2) is 5.64. The van der Waals surface area contributed by atoms with Gasteiger partial charge in [0.1, 0.15) is 5.82 Å². The van der Waals surface area contributed by atoms with Crippen LogP contribution in [0.25, 0.3) is 0 Å². The van der Waals surface area contributed by atoms with Gasteiger partial charge in [-0.1, -0.05) is 30.3 Å². The molecule has 0 aliphatic rings. The van der Waals surface area contributed by atoms with Gasteiger partial charge in [0.25, 0.3) is 0 Å². The molecule has 1 unspecified atom stereocenters. The Morgan fingerprint density at radius 2 is 2.06 bits per heavy atom. The summed E-state index contributed by atoms with van der Waals surface area (Å²) in [6.07, 6.45) is 4.82. The predicted octanol–water partition coefficient (Wildman–Crippen LogP) is 2.41. The van der Waals surface area contributed by atoms with Crippen molar-refractivity contribution in [1.82, 2.24) is 14.9 Å². The molecule has 0 radical (unpaired) electrons. The normalized spacial score (nSPS) is 12.6. The van der Waals surface area contributed by atoms with Crippen molar-refractivity contribution in [2.45, 2.75) is 25.9 Å². The van der Waals surface area contributed by atoms with Crippen LogP contribution in [0.15, 0.2) is 42.7 Å². The molecule has 90 valence electrons. The molecule has 1 aromatic carbocycles. The topological polar surface area (TPSA) is 29.9 Å². The number of hydrogen-bond acceptors (Lipinski definition) is 2. The highest BCUT2D eigenvalue weighted by Crippen LogP contribution is 2.16. The van der Waals surface area contributed by atoms with Crippen LogP contribution in [0.1, 0.15) is 24.4 Å². The van der Waals surface area contributed by atoms with Gasteiger partial charge in [0, 0.05) is 31.4 Å². The molecule has 0 spiro atoms. The molecule has 0 amide bonds. The van der Waals surface area contributed by atoms with E-state index in [2.05, 4.69) is 46.1 Å². The van der Waals surface area contributed by atoms with Crippen LogP contribution in [0.5, 0.6) is 0 Å². The molecular formula is C14H19N3. The van der Waals surface area contributed by atoms with E-state index in [1.807, 2.05) is 25.5 Å². The third kappa shape index (κ3) is 2.74. The smallest absolute Gasteiger partial charge is 0.110 e. The molecule has 0 saturated carbocycles. The number of nitrogens with one attached hydrogen (secondary N) is 1. The minimum absolute atomic E-state index is 0.323. The molecule has 1 heterocycles. The van der Waals surface area contributed by atoms with Crippen molar-refractivity contribution in [2.24, 2.45) is 0 Å². The average molecular weight is 229 g/mol. The van der Waals surface area contributed by atoms with Gasteiger partial charge in [-0.05, 0) is 19.5 Å². The van der Waals surface area contributed by atoms with E-state index in [4.69, 9.17) is 0 Å². The van der Waals surface area contributed by atoms with Crippen molar-refractivity contribution < 1.29 is 0 Å². The molecule has 3 nitrogen and oxygen atoms in total. The molecule has 1 aromatic heterocycles. The van der Waals surface area contributed by atoms with Crippen LogP contribution in [0.3, 0.4) is 0 Å². The Balaban J connectivity index is 2.16. The van der Waals surface area contributed by atoms with Gasteiger partial charge < -0.3 is 9.88 Å². The van der Waals surface area contributed by atoms with Crippen molar-refractivity contribution in [3.63, 3.8) is 0 Å². The lowest BCUT2D eigenvalue weighted by atomic mass is 10.0. The number of likely N-dealkylation sites (N-methyl/N-ethyl adjacent to an activating group) is 1. The maximum Gasteiger partial charge on any atom is 0.110 e.